The Kier molecular flexibility index (Phi) is 5.22. The van der Waals surface area contributed by atoms with Crippen molar-refractivity contribution in [3.8, 4) is 0 Å². The highest BCUT2D eigenvalue weighted by Crippen LogP contribution is 2.39. The fourth-order valence-corrected chi connectivity index (χ4v) is 3.58. The summed E-state index contributed by atoms with van der Waals surface area (Å²) in [6.07, 6.45) is 0. The maximum atomic E-state index is 13.3. The molecule has 0 spiro atoms. The van der Waals surface area contributed by atoms with E-state index in [1.165, 1.54) is 0 Å². The summed E-state index contributed by atoms with van der Waals surface area (Å²) in [7, 11) is -4.76. The molecule has 28 heavy (non-hydrogen) atoms. The first kappa shape index (κ1) is 20.3. The van der Waals surface area contributed by atoms with Gasteiger partial charge in [-0.15, -0.1) is 0 Å². The van der Waals surface area contributed by atoms with Crippen LogP contribution in [0.1, 0.15) is 35.3 Å². The van der Waals surface area contributed by atoms with Gasteiger partial charge in [0.15, 0.2) is 0 Å². The van der Waals surface area contributed by atoms with Crippen molar-refractivity contribution in [3.05, 3.63) is 64.2 Å². The SMILES string of the molecule is Cc1ccccc1C(=O)N1CC(C)(C)/C(=N\OS(=O)(=O)O)c2ccc(Cl)cc21. The van der Waals surface area contributed by atoms with Gasteiger partial charge in [-0.1, -0.05) is 48.8 Å². The first-order chi connectivity index (χ1) is 13.0. The molecule has 1 aliphatic heterocycles. The highest BCUT2D eigenvalue weighted by Gasteiger charge is 2.40. The molecule has 0 aromatic heterocycles. The standard InChI is InChI=1S/C19H19ClN2O5S/c1-12-6-4-5-7-14(12)18(23)22-11-19(2,3)17(21-27-28(24,25)26)15-9-8-13(20)10-16(15)22/h4-10H,11H2,1-3H3,(H,24,25,26)/b21-17-. The minimum atomic E-state index is -4.76. The molecule has 1 aliphatic rings. The van der Waals surface area contributed by atoms with Crippen LogP contribution in [0.2, 0.25) is 5.02 Å². The first-order valence-electron chi connectivity index (χ1n) is 8.41. The lowest BCUT2D eigenvalue weighted by Crippen LogP contribution is -2.48. The van der Waals surface area contributed by atoms with Gasteiger partial charge in [-0.3, -0.25) is 9.35 Å². The quantitative estimate of drug-likeness (QED) is 0.598. The number of aryl methyl sites for hydroxylation is 1. The Morgan fingerprint density at radius 1 is 1.25 bits per heavy atom. The molecule has 1 N–H and O–H groups in total. The van der Waals surface area contributed by atoms with E-state index in [1.807, 2.05) is 19.1 Å². The average Bonchev–Trinajstić information content (AvgIpc) is 2.59. The Labute approximate surface area is 168 Å². The Hall–Kier alpha value is -2.42. The van der Waals surface area contributed by atoms with Crippen LogP contribution >= 0.6 is 11.6 Å². The van der Waals surface area contributed by atoms with Crippen molar-refractivity contribution in [2.75, 3.05) is 11.4 Å². The number of oxime groups is 1. The van der Waals surface area contributed by atoms with E-state index in [0.717, 1.165) is 5.56 Å². The molecule has 0 bridgehead atoms. The van der Waals surface area contributed by atoms with E-state index in [4.69, 9.17) is 16.2 Å². The van der Waals surface area contributed by atoms with E-state index < -0.39 is 15.8 Å². The van der Waals surface area contributed by atoms with Crippen LogP contribution in [0.5, 0.6) is 0 Å². The summed E-state index contributed by atoms with van der Waals surface area (Å²) >= 11 is 6.15. The lowest BCUT2D eigenvalue weighted by atomic mass is 9.78. The molecule has 3 rings (SSSR count). The van der Waals surface area contributed by atoms with Crippen molar-refractivity contribution in [2.24, 2.45) is 10.6 Å². The van der Waals surface area contributed by atoms with E-state index in [9.17, 15) is 13.2 Å². The van der Waals surface area contributed by atoms with Crippen molar-refractivity contribution in [2.45, 2.75) is 20.8 Å². The first-order valence-corrected chi connectivity index (χ1v) is 10.2. The Balaban J connectivity index is 2.16. The largest absolute Gasteiger partial charge is 0.466 e. The number of anilines is 1. The molecule has 1 amide bonds. The fourth-order valence-electron chi connectivity index (χ4n) is 3.24. The molecular formula is C19H19ClN2O5S. The van der Waals surface area contributed by atoms with Crippen LogP contribution in [-0.2, 0) is 14.7 Å². The van der Waals surface area contributed by atoms with Gasteiger partial charge >= 0.3 is 10.4 Å². The molecule has 0 unspecified atom stereocenters. The monoisotopic (exact) mass is 422 g/mol. The zero-order chi connectivity index (χ0) is 20.7. The molecule has 2 aromatic rings. The van der Waals surface area contributed by atoms with Gasteiger partial charge in [-0.25, -0.2) is 4.28 Å². The molecule has 0 radical (unpaired) electrons. The summed E-state index contributed by atoms with van der Waals surface area (Å²) in [5.41, 5.74) is 1.89. The highest BCUT2D eigenvalue weighted by molar-refractivity contribution is 7.80. The lowest BCUT2D eigenvalue weighted by Gasteiger charge is -2.40. The second-order valence-corrected chi connectivity index (χ2v) is 8.63. The summed E-state index contributed by atoms with van der Waals surface area (Å²) in [5, 5.41) is 4.07. The molecule has 148 valence electrons. The van der Waals surface area contributed by atoms with Gasteiger partial charge in [0.05, 0.1) is 11.4 Å². The Morgan fingerprint density at radius 3 is 2.57 bits per heavy atom. The normalized spacial score (nSPS) is 17.3. The van der Waals surface area contributed by atoms with E-state index in [0.29, 0.717) is 21.8 Å². The molecule has 0 saturated carbocycles. The number of rotatable bonds is 3. The van der Waals surface area contributed by atoms with Gasteiger partial charge in [0.2, 0.25) is 0 Å². The zero-order valence-electron chi connectivity index (χ0n) is 15.5. The van der Waals surface area contributed by atoms with Gasteiger partial charge in [-0.2, -0.15) is 8.42 Å². The predicted octanol–water partition coefficient (Wildman–Crippen LogP) is 3.86. The van der Waals surface area contributed by atoms with E-state index >= 15 is 0 Å². The zero-order valence-corrected chi connectivity index (χ0v) is 17.1. The summed E-state index contributed by atoms with van der Waals surface area (Å²) in [5.74, 6) is -0.204. The van der Waals surface area contributed by atoms with E-state index in [1.54, 1.807) is 49.1 Å². The van der Waals surface area contributed by atoms with Crippen LogP contribution in [0, 0.1) is 12.3 Å². The topological polar surface area (TPSA) is 96.3 Å². The number of carbonyl (C=O) groups is 1. The van der Waals surface area contributed by atoms with Gasteiger partial charge in [0.25, 0.3) is 5.91 Å². The average molecular weight is 423 g/mol. The number of fused-ring (bicyclic) bond motifs is 1. The molecule has 2 aromatic carbocycles. The van der Waals surface area contributed by atoms with Crippen LogP contribution in [0.3, 0.4) is 0 Å². The van der Waals surface area contributed by atoms with E-state index in [-0.39, 0.29) is 18.2 Å². The molecule has 1 heterocycles. The molecule has 0 saturated heterocycles. The molecular weight excluding hydrogens is 404 g/mol. The number of amides is 1. The van der Waals surface area contributed by atoms with Crippen LogP contribution in [0.25, 0.3) is 0 Å². The number of carbonyl (C=O) groups excluding carboxylic acids is 1. The number of halogens is 1. The number of benzene rings is 2. The summed E-state index contributed by atoms with van der Waals surface area (Å²) < 4.78 is 35.1. The summed E-state index contributed by atoms with van der Waals surface area (Å²) in [6.45, 7) is 5.67. The van der Waals surface area contributed by atoms with E-state index in [2.05, 4.69) is 9.44 Å². The fraction of sp³-hybridized carbons (Fsp3) is 0.263. The third-order valence-electron chi connectivity index (χ3n) is 4.54. The second-order valence-electron chi connectivity index (χ2n) is 7.19. The third-order valence-corrected chi connectivity index (χ3v) is 5.04. The van der Waals surface area contributed by atoms with Crippen LogP contribution in [-0.4, -0.2) is 31.1 Å². The lowest BCUT2D eigenvalue weighted by molar-refractivity contribution is 0.0979. The predicted molar refractivity (Wildman–Crippen MR) is 107 cm³/mol. The van der Waals surface area contributed by atoms with Gasteiger partial charge < -0.3 is 4.90 Å². The van der Waals surface area contributed by atoms with Gasteiger partial charge in [0, 0.05) is 28.1 Å². The minimum Gasteiger partial charge on any atom is -0.307 e. The number of hydrogen-bond acceptors (Lipinski definition) is 5. The number of hydrogen-bond donors (Lipinski definition) is 1. The van der Waals surface area contributed by atoms with Crippen molar-refractivity contribution in [3.63, 3.8) is 0 Å². The maximum Gasteiger partial charge on any atom is 0.466 e. The smallest absolute Gasteiger partial charge is 0.307 e. The van der Waals surface area contributed by atoms with Crippen molar-refractivity contribution >= 4 is 39.3 Å². The Bertz CT molecular complexity index is 1080. The minimum absolute atomic E-state index is 0.204. The summed E-state index contributed by atoms with van der Waals surface area (Å²) in [4.78, 5) is 14.9. The highest BCUT2D eigenvalue weighted by atomic mass is 35.5. The number of nitrogens with zero attached hydrogens (tertiary/aromatic N) is 2. The molecule has 0 aliphatic carbocycles. The van der Waals surface area contributed by atoms with Crippen molar-refractivity contribution in [1.29, 1.82) is 0 Å². The molecule has 0 fully saturated rings. The van der Waals surface area contributed by atoms with Crippen LogP contribution in [0.15, 0.2) is 47.6 Å². The van der Waals surface area contributed by atoms with Crippen molar-refractivity contribution < 1.29 is 22.0 Å². The second kappa shape index (κ2) is 7.20. The van der Waals surface area contributed by atoms with Crippen LogP contribution < -0.4 is 4.90 Å². The van der Waals surface area contributed by atoms with Gasteiger partial charge in [0.1, 0.15) is 0 Å². The van der Waals surface area contributed by atoms with Gasteiger partial charge in [-0.05, 0) is 36.8 Å². The third kappa shape index (κ3) is 4.04. The Morgan fingerprint density at radius 2 is 1.93 bits per heavy atom. The molecule has 0 atom stereocenters. The molecule has 7 nitrogen and oxygen atoms in total. The summed E-state index contributed by atoms with van der Waals surface area (Å²) in [6, 6.07) is 12.1. The molecule has 9 heteroatoms. The van der Waals surface area contributed by atoms with Crippen LogP contribution in [0.4, 0.5) is 5.69 Å². The maximum absolute atomic E-state index is 13.3. The van der Waals surface area contributed by atoms with Crippen molar-refractivity contribution in [1.82, 2.24) is 0 Å².